The van der Waals surface area contributed by atoms with E-state index in [1.807, 2.05) is 24.3 Å². The molecule has 0 spiro atoms. The van der Waals surface area contributed by atoms with Crippen LogP contribution in [-0.2, 0) is 9.59 Å². The number of imide groups is 1. The molecular weight excluding hydrogens is 274 g/mol. The molecule has 2 fully saturated rings. The molecule has 3 nitrogen and oxygen atoms in total. The molecule has 1 saturated carbocycles. The summed E-state index contributed by atoms with van der Waals surface area (Å²) >= 11 is 6.27. The summed E-state index contributed by atoms with van der Waals surface area (Å²) in [4.78, 5) is 24.1. The molecule has 1 aromatic carbocycles. The van der Waals surface area contributed by atoms with Gasteiger partial charge in [-0.15, -0.1) is 0 Å². The van der Waals surface area contributed by atoms with Gasteiger partial charge < -0.3 is 0 Å². The molecule has 2 amide bonds. The van der Waals surface area contributed by atoms with Crippen LogP contribution in [0.5, 0.6) is 0 Å². The molecule has 1 aliphatic heterocycles. The number of nitrogens with one attached hydrogen (secondary N) is 1. The SMILES string of the molecule is O=C1CC(C2CCCC2)C(c2ccccc2Cl)C(=O)N1. The van der Waals surface area contributed by atoms with Crippen LogP contribution in [0.15, 0.2) is 24.3 Å². The van der Waals surface area contributed by atoms with Gasteiger partial charge in [-0.3, -0.25) is 14.9 Å². The van der Waals surface area contributed by atoms with E-state index in [0.29, 0.717) is 17.4 Å². The van der Waals surface area contributed by atoms with Crippen LogP contribution in [0, 0.1) is 11.8 Å². The highest BCUT2D eigenvalue weighted by Crippen LogP contribution is 2.44. The topological polar surface area (TPSA) is 46.2 Å². The average Bonchev–Trinajstić information content (AvgIpc) is 2.93. The van der Waals surface area contributed by atoms with Crippen LogP contribution in [-0.4, -0.2) is 11.8 Å². The summed E-state index contributed by atoms with van der Waals surface area (Å²) in [6, 6.07) is 7.48. The lowest BCUT2D eigenvalue weighted by Crippen LogP contribution is -2.46. The van der Waals surface area contributed by atoms with Gasteiger partial charge in [0, 0.05) is 11.4 Å². The van der Waals surface area contributed by atoms with Crippen LogP contribution in [0.2, 0.25) is 5.02 Å². The number of benzene rings is 1. The minimum Gasteiger partial charge on any atom is -0.296 e. The third kappa shape index (κ3) is 2.47. The van der Waals surface area contributed by atoms with Gasteiger partial charge in [-0.25, -0.2) is 0 Å². The van der Waals surface area contributed by atoms with Crippen molar-refractivity contribution in [2.75, 3.05) is 0 Å². The summed E-state index contributed by atoms with van der Waals surface area (Å²) in [7, 11) is 0. The summed E-state index contributed by atoms with van der Waals surface area (Å²) in [6.45, 7) is 0. The zero-order chi connectivity index (χ0) is 14.1. The van der Waals surface area contributed by atoms with Crippen molar-refractivity contribution in [3.05, 3.63) is 34.9 Å². The van der Waals surface area contributed by atoms with Gasteiger partial charge in [0.1, 0.15) is 0 Å². The number of amides is 2. The first kappa shape index (κ1) is 13.6. The van der Waals surface area contributed by atoms with E-state index in [0.717, 1.165) is 18.4 Å². The second-order valence-electron chi connectivity index (χ2n) is 5.82. The highest BCUT2D eigenvalue weighted by molar-refractivity contribution is 6.31. The van der Waals surface area contributed by atoms with Crippen LogP contribution in [0.4, 0.5) is 0 Å². The maximum absolute atomic E-state index is 12.3. The Hall–Kier alpha value is -1.35. The third-order valence-corrected chi connectivity index (χ3v) is 4.98. The van der Waals surface area contributed by atoms with E-state index >= 15 is 0 Å². The second-order valence-corrected chi connectivity index (χ2v) is 6.23. The predicted molar refractivity (Wildman–Crippen MR) is 77.4 cm³/mol. The van der Waals surface area contributed by atoms with Gasteiger partial charge in [0.15, 0.2) is 0 Å². The number of carbonyl (C=O) groups is 2. The molecule has 2 unspecified atom stereocenters. The normalized spacial score (nSPS) is 27.6. The molecule has 0 aromatic heterocycles. The smallest absolute Gasteiger partial charge is 0.234 e. The number of hydrogen-bond donors (Lipinski definition) is 1. The van der Waals surface area contributed by atoms with Crippen molar-refractivity contribution >= 4 is 23.4 Å². The molecule has 3 rings (SSSR count). The van der Waals surface area contributed by atoms with Crippen LogP contribution >= 0.6 is 11.6 Å². The molecule has 1 aliphatic carbocycles. The van der Waals surface area contributed by atoms with Crippen molar-refractivity contribution in [1.82, 2.24) is 5.32 Å². The Kier molecular flexibility index (Phi) is 3.79. The lowest BCUT2D eigenvalue weighted by molar-refractivity contribution is -0.137. The summed E-state index contributed by atoms with van der Waals surface area (Å²) in [5.74, 6) is -0.0594. The minimum absolute atomic E-state index is 0.0960. The van der Waals surface area contributed by atoms with Gasteiger partial charge in [-0.1, -0.05) is 55.5 Å². The summed E-state index contributed by atoms with van der Waals surface area (Å²) < 4.78 is 0. The number of piperidine rings is 1. The van der Waals surface area contributed by atoms with Crippen LogP contribution in [0.3, 0.4) is 0 Å². The zero-order valence-electron chi connectivity index (χ0n) is 11.3. The van der Waals surface area contributed by atoms with E-state index in [1.165, 1.54) is 12.8 Å². The average molecular weight is 292 g/mol. The van der Waals surface area contributed by atoms with E-state index in [9.17, 15) is 9.59 Å². The van der Waals surface area contributed by atoms with E-state index < -0.39 is 0 Å². The maximum Gasteiger partial charge on any atom is 0.234 e. The molecule has 1 saturated heterocycles. The van der Waals surface area contributed by atoms with Crippen LogP contribution < -0.4 is 5.32 Å². The molecule has 2 aliphatic rings. The molecule has 2 atom stereocenters. The summed E-state index contributed by atoms with van der Waals surface area (Å²) in [5.41, 5.74) is 0.857. The molecule has 0 bridgehead atoms. The Labute approximate surface area is 123 Å². The van der Waals surface area contributed by atoms with Gasteiger partial charge in [-0.05, 0) is 23.5 Å². The van der Waals surface area contributed by atoms with Crippen molar-refractivity contribution in [3.63, 3.8) is 0 Å². The van der Waals surface area contributed by atoms with E-state index in [4.69, 9.17) is 11.6 Å². The fourth-order valence-corrected chi connectivity index (χ4v) is 3.97. The van der Waals surface area contributed by atoms with Crippen molar-refractivity contribution in [2.45, 2.75) is 38.0 Å². The quantitative estimate of drug-likeness (QED) is 0.850. The van der Waals surface area contributed by atoms with E-state index in [-0.39, 0.29) is 23.7 Å². The van der Waals surface area contributed by atoms with Gasteiger partial charge >= 0.3 is 0 Å². The molecule has 4 heteroatoms. The third-order valence-electron chi connectivity index (χ3n) is 4.64. The number of rotatable bonds is 2. The second kappa shape index (κ2) is 5.57. The molecule has 1 aromatic rings. The van der Waals surface area contributed by atoms with Gasteiger partial charge in [-0.2, -0.15) is 0 Å². The maximum atomic E-state index is 12.3. The minimum atomic E-state index is -0.288. The van der Waals surface area contributed by atoms with Crippen molar-refractivity contribution < 1.29 is 9.59 Å². The summed E-state index contributed by atoms with van der Waals surface area (Å²) in [5, 5.41) is 3.09. The lowest BCUT2D eigenvalue weighted by Gasteiger charge is -2.34. The predicted octanol–water partition coefficient (Wildman–Crippen LogP) is 3.28. The number of hydrogen-bond acceptors (Lipinski definition) is 2. The number of halogens is 1. The molecular formula is C16H18ClNO2. The van der Waals surface area contributed by atoms with Crippen LogP contribution in [0.1, 0.15) is 43.6 Å². The van der Waals surface area contributed by atoms with Crippen LogP contribution in [0.25, 0.3) is 0 Å². The Balaban J connectivity index is 1.97. The highest BCUT2D eigenvalue weighted by atomic mass is 35.5. The molecule has 1 N–H and O–H groups in total. The Morgan fingerprint density at radius 2 is 1.80 bits per heavy atom. The Morgan fingerprint density at radius 3 is 2.50 bits per heavy atom. The first-order valence-electron chi connectivity index (χ1n) is 7.25. The monoisotopic (exact) mass is 291 g/mol. The van der Waals surface area contributed by atoms with Gasteiger partial charge in [0.25, 0.3) is 0 Å². The molecule has 0 radical (unpaired) electrons. The highest BCUT2D eigenvalue weighted by Gasteiger charge is 2.42. The first-order chi connectivity index (χ1) is 9.66. The van der Waals surface area contributed by atoms with Crippen molar-refractivity contribution in [2.24, 2.45) is 11.8 Å². The Bertz CT molecular complexity index is 537. The molecule has 20 heavy (non-hydrogen) atoms. The zero-order valence-corrected chi connectivity index (χ0v) is 12.0. The first-order valence-corrected chi connectivity index (χ1v) is 7.62. The van der Waals surface area contributed by atoms with Gasteiger partial charge in [0.2, 0.25) is 11.8 Å². The molecule has 106 valence electrons. The van der Waals surface area contributed by atoms with E-state index in [2.05, 4.69) is 5.32 Å². The molecule has 1 heterocycles. The van der Waals surface area contributed by atoms with Crippen molar-refractivity contribution in [3.8, 4) is 0 Å². The van der Waals surface area contributed by atoms with Gasteiger partial charge in [0.05, 0.1) is 5.92 Å². The summed E-state index contributed by atoms with van der Waals surface area (Å²) in [6.07, 6.45) is 5.07. The van der Waals surface area contributed by atoms with Crippen molar-refractivity contribution in [1.29, 1.82) is 0 Å². The standard InChI is InChI=1S/C16H18ClNO2/c17-13-8-4-3-7-11(13)15-12(10-5-1-2-6-10)9-14(19)18-16(15)20/h3-4,7-8,10,12,15H,1-2,5-6,9H2,(H,18,19,20). The fourth-order valence-electron chi connectivity index (χ4n) is 3.72. The number of carbonyl (C=O) groups excluding carboxylic acids is 2. The lowest BCUT2D eigenvalue weighted by atomic mass is 9.73. The van der Waals surface area contributed by atoms with E-state index in [1.54, 1.807) is 0 Å². The largest absolute Gasteiger partial charge is 0.296 e. The fraction of sp³-hybridized carbons (Fsp3) is 0.500. The Morgan fingerprint density at radius 1 is 1.10 bits per heavy atom.